The molecule has 6 nitrogen and oxygen atoms in total. The fraction of sp³-hybridized carbons (Fsp3) is 0.233. The van der Waals surface area contributed by atoms with Crippen molar-refractivity contribution in [3.05, 3.63) is 118 Å². The van der Waals surface area contributed by atoms with Gasteiger partial charge in [0, 0.05) is 5.92 Å². The summed E-state index contributed by atoms with van der Waals surface area (Å²) >= 11 is 0. The zero-order chi connectivity index (χ0) is 25.7. The van der Waals surface area contributed by atoms with Crippen molar-refractivity contribution < 1.29 is 14.3 Å². The lowest BCUT2D eigenvalue weighted by molar-refractivity contribution is 0.00572. The monoisotopic (exact) mass is 482 g/mol. The topological polar surface area (TPSA) is 81.3 Å². The van der Waals surface area contributed by atoms with Crippen LogP contribution in [-0.2, 0) is 11.3 Å². The lowest BCUT2D eigenvalue weighted by Gasteiger charge is -2.21. The molecule has 1 N–H and O–H groups in total. The summed E-state index contributed by atoms with van der Waals surface area (Å²) < 4.78 is 11.4. The van der Waals surface area contributed by atoms with Crippen LogP contribution in [0.3, 0.4) is 0 Å². The second-order valence-corrected chi connectivity index (χ2v) is 9.58. The highest BCUT2D eigenvalue weighted by atomic mass is 16.6. The summed E-state index contributed by atoms with van der Waals surface area (Å²) in [6.07, 6.45) is 0. The number of carbonyl (C=O) groups is 1. The van der Waals surface area contributed by atoms with Gasteiger partial charge in [0.25, 0.3) is 5.56 Å². The van der Waals surface area contributed by atoms with E-state index in [0.717, 1.165) is 22.3 Å². The molecule has 0 saturated heterocycles. The summed E-state index contributed by atoms with van der Waals surface area (Å²) in [5.74, 6) is -0.809. The number of rotatable bonds is 7. The highest BCUT2D eigenvalue weighted by Crippen LogP contribution is 2.32. The van der Waals surface area contributed by atoms with E-state index in [9.17, 15) is 9.59 Å². The second kappa shape index (κ2) is 10.6. The molecule has 0 aliphatic heterocycles. The molecule has 184 valence electrons. The van der Waals surface area contributed by atoms with Crippen LogP contribution in [0.5, 0.6) is 5.75 Å². The smallest absolute Gasteiger partial charge is 0.361 e. The van der Waals surface area contributed by atoms with Gasteiger partial charge in [0.1, 0.15) is 18.0 Å². The van der Waals surface area contributed by atoms with Crippen molar-refractivity contribution in [2.24, 2.45) is 0 Å². The zero-order valence-corrected chi connectivity index (χ0v) is 20.9. The Kier molecular flexibility index (Phi) is 7.34. The van der Waals surface area contributed by atoms with Crippen LogP contribution in [0, 0.1) is 0 Å². The first-order valence-electron chi connectivity index (χ1n) is 11.9. The van der Waals surface area contributed by atoms with Gasteiger partial charge in [-0.3, -0.25) is 4.79 Å². The predicted molar refractivity (Wildman–Crippen MR) is 140 cm³/mol. The molecule has 36 heavy (non-hydrogen) atoms. The molecule has 0 aliphatic rings. The van der Waals surface area contributed by atoms with E-state index >= 15 is 0 Å². The van der Waals surface area contributed by atoms with Crippen LogP contribution in [-0.4, -0.2) is 21.5 Å². The van der Waals surface area contributed by atoms with Crippen LogP contribution in [0.2, 0.25) is 0 Å². The molecule has 0 spiro atoms. The molecule has 3 aromatic carbocycles. The number of hydrogen-bond donors (Lipinski definition) is 1. The summed E-state index contributed by atoms with van der Waals surface area (Å²) in [5, 5.41) is 0. The Hall–Kier alpha value is -4.19. The van der Waals surface area contributed by atoms with Crippen molar-refractivity contribution in [1.29, 1.82) is 0 Å². The molecule has 1 unspecified atom stereocenters. The van der Waals surface area contributed by atoms with E-state index in [4.69, 9.17) is 9.47 Å². The predicted octanol–water partition coefficient (Wildman–Crippen LogP) is 6.12. The van der Waals surface area contributed by atoms with Gasteiger partial charge in [-0.2, -0.15) is 0 Å². The third-order valence-electron chi connectivity index (χ3n) is 5.64. The average molecular weight is 483 g/mol. The minimum atomic E-state index is -0.760. The van der Waals surface area contributed by atoms with Gasteiger partial charge in [0.15, 0.2) is 5.69 Å². The van der Waals surface area contributed by atoms with Crippen molar-refractivity contribution >= 4 is 5.97 Å². The molecule has 4 aromatic rings. The number of benzene rings is 3. The van der Waals surface area contributed by atoms with Crippen molar-refractivity contribution in [3.63, 3.8) is 0 Å². The third kappa shape index (κ3) is 5.89. The van der Waals surface area contributed by atoms with Crippen LogP contribution < -0.4 is 10.3 Å². The number of aromatic amines is 1. The van der Waals surface area contributed by atoms with Crippen molar-refractivity contribution in [1.82, 2.24) is 9.97 Å². The first kappa shape index (κ1) is 24.9. The number of aromatic nitrogens is 2. The molecule has 0 amide bonds. The SMILES string of the molecule is CC(c1nc(C(=O)OC(C)(C)C)c(OCc2ccccc2)c(=O)[nH]1)c1ccccc1-c1ccccc1. The Morgan fingerprint density at radius 3 is 2.19 bits per heavy atom. The van der Waals surface area contributed by atoms with E-state index in [1.54, 1.807) is 20.8 Å². The summed E-state index contributed by atoms with van der Waals surface area (Å²) in [6, 6.07) is 27.4. The molecule has 1 heterocycles. The molecule has 0 fully saturated rings. The molecular weight excluding hydrogens is 452 g/mol. The first-order valence-corrected chi connectivity index (χ1v) is 11.9. The molecule has 0 aliphatic carbocycles. The Morgan fingerprint density at radius 2 is 1.53 bits per heavy atom. The number of carbonyl (C=O) groups excluding carboxylic acids is 1. The second-order valence-electron chi connectivity index (χ2n) is 9.58. The highest BCUT2D eigenvalue weighted by Gasteiger charge is 2.27. The summed E-state index contributed by atoms with van der Waals surface area (Å²) in [4.78, 5) is 33.8. The molecule has 1 atom stereocenters. The maximum Gasteiger partial charge on any atom is 0.361 e. The molecular formula is C30H30N2O4. The number of H-pyrrole nitrogens is 1. The number of nitrogens with zero attached hydrogens (tertiary/aromatic N) is 1. The number of esters is 1. The van der Waals surface area contributed by atoms with E-state index < -0.39 is 17.1 Å². The molecule has 0 radical (unpaired) electrons. The van der Waals surface area contributed by atoms with Crippen LogP contribution in [0.4, 0.5) is 0 Å². The van der Waals surface area contributed by atoms with E-state index in [1.165, 1.54) is 0 Å². The van der Waals surface area contributed by atoms with Gasteiger partial charge in [-0.15, -0.1) is 0 Å². The maximum atomic E-state index is 13.2. The van der Waals surface area contributed by atoms with Gasteiger partial charge >= 0.3 is 5.97 Å². The Labute approximate surface area is 211 Å². The van der Waals surface area contributed by atoms with E-state index in [-0.39, 0.29) is 24.0 Å². The minimum absolute atomic E-state index is 0.118. The van der Waals surface area contributed by atoms with Gasteiger partial charge in [-0.25, -0.2) is 9.78 Å². The molecule has 4 rings (SSSR count). The van der Waals surface area contributed by atoms with E-state index in [0.29, 0.717) is 5.82 Å². The van der Waals surface area contributed by atoms with Crippen LogP contribution >= 0.6 is 0 Å². The van der Waals surface area contributed by atoms with E-state index in [2.05, 4.69) is 9.97 Å². The van der Waals surface area contributed by atoms with Gasteiger partial charge in [-0.05, 0) is 43.0 Å². The molecule has 0 saturated carbocycles. The minimum Gasteiger partial charge on any atom is -0.481 e. The summed E-state index contributed by atoms with van der Waals surface area (Å²) in [7, 11) is 0. The maximum absolute atomic E-state index is 13.2. The fourth-order valence-corrected chi connectivity index (χ4v) is 3.92. The number of nitrogens with one attached hydrogen (secondary N) is 1. The Balaban J connectivity index is 1.76. The Bertz CT molecular complexity index is 1390. The number of hydrogen-bond acceptors (Lipinski definition) is 5. The van der Waals surface area contributed by atoms with Crippen LogP contribution in [0.15, 0.2) is 89.7 Å². The normalized spacial score (nSPS) is 12.1. The molecule has 0 bridgehead atoms. The van der Waals surface area contributed by atoms with Crippen molar-refractivity contribution in [2.45, 2.75) is 45.8 Å². The third-order valence-corrected chi connectivity index (χ3v) is 5.64. The number of ether oxygens (including phenoxy) is 2. The zero-order valence-electron chi connectivity index (χ0n) is 20.9. The van der Waals surface area contributed by atoms with Crippen LogP contribution in [0.1, 0.15) is 61.1 Å². The van der Waals surface area contributed by atoms with E-state index in [1.807, 2.05) is 91.9 Å². The fourth-order valence-electron chi connectivity index (χ4n) is 3.92. The van der Waals surface area contributed by atoms with Crippen LogP contribution in [0.25, 0.3) is 11.1 Å². The lowest BCUT2D eigenvalue weighted by Crippen LogP contribution is -2.28. The van der Waals surface area contributed by atoms with Crippen molar-refractivity contribution in [3.8, 4) is 16.9 Å². The van der Waals surface area contributed by atoms with Crippen molar-refractivity contribution in [2.75, 3.05) is 0 Å². The van der Waals surface area contributed by atoms with Gasteiger partial charge in [-0.1, -0.05) is 91.9 Å². The summed E-state index contributed by atoms with van der Waals surface area (Å²) in [5.41, 5.74) is 2.49. The molecule has 1 aromatic heterocycles. The van der Waals surface area contributed by atoms with Gasteiger partial charge in [0.2, 0.25) is 5.75 Å². The molecule has 6 heteroatoms. The quantitative estimate of drug-likeness (QED) is 0.321. The largest absolute Gasteiger partial charge is 0.481 e. The highest BCUT2D eigenvalue weighted by molar-refractivity contribution is 5.90. The van der Waals surface area contributed by atoms with Gasteiger partial charge in [0.05, 0.1) is 0 Å². The summed E-state index contributed by atoms with van der Waals surface area (Å²) in [6.45, 7) is 7.36. The van der Waals surface area contributed by atoms with Gasteiger partial charge < -0.3 is 14.5 Å². The first-order chi connectivity index (χ1) is 17.2. The Morgan fingerprint density at radius 1 is 0.917 bits per heavy atom. The lowest BCUT2D eigenvalue weighted by atomic mass is 9.91. The standard InChI is InChI=1S/C30H30N2O4/c1-20(23-17-11-12-18-24(23)22-15-9-6-10-16-22)27-31-25(29(34)36-30(2,3)4)26(28(33)32-27)35-19-21-13-7-5-8-14-21/h5-18,20H,19H2,1-4H3,(H,31,32,33). The average Bonchev–Trinajstić information content (AvgIpc) is 2.87.